The first-order valence-corrected chi connectivity index (χ1v) is 6.68. The van der Waals surface area contributed by atoms with Gasteiger partial charge in [0.1, 0.15) is 6.61 Å². The van der Waals surface area contributed by atoms with Gasteiger partial charge >= 0.3 is 0 Å². The molecule has 0 radical (unpaired) electrons. The van der Waals surface area contributed by atoms with Gasteiger partial charge in [-0.1, -0.05) is 11.3 Å². The molecular weight excluding hydrogens is 280 g/mol. The number of rotatable bonds is 6. The first-order valence-electron chi connectivity index (χ1n) is 5.86. The molecule has 0 fully saturated rings. The summed E-state index contributed by atoms with van der Waals surface area (Å²) in [5, 5.41) is 3.15. The maximum Gasteiger partial charge on any atom is 0.251 e. The molecule has 2 aromatic rings. The molecule has 0 saturated heterocycles. The molecule has 0 bridgehead atoms. The maximum atomic E-state index is 11.9. The van der Waals surface area contributed by atoms with Crippen LogP contribution in [0.3, 0.4) is 0 Å². The normalized spacial score (nSPS) is 10.6. The molecule has 0 aliphatic carbocycles. The van der Waals surface area contributed by atoms with Crippen molar-refractivity contribution < 1.29 is 14.3 Å². The highest BCUT2D eigenvalue weighted by Gasteiger charge is 2.08. The fourth-order valence-corrected chi connectivity index (χ4v) is 2.37. The van der Waals surface area contributed by atoms with E-state index in [1.165, 1.54) is 11.3 Å². The van der Waals surface area contributed by atoms with Crippen molar-refractivity contribution in [1.29, 1.82) is 0 Å². The predicted octanol–water partition coefficient (Wildman–Crippen LogP) is 0.110. The van der Waals surface area contributed by atoms with Gasteiger partial charge in [-0.15, -0.1) is 0 Å². The second kappa shape index (κ2) is 6.31. The van der Waals surface area contributed by atoms with Crippen LogP contribution in [-0.4, -0.2) is 36.6 Å². The molecule has 1 heterocycles. The zero-order valence-corrected chi connectivity index (χ0v) is 11.4. The smallest absolute Gasteiger partial charge is 0.251 e. The highest BCUT2D eigenvalue weighted by atomic mass is 32.1. The van der Waals surface area contributed by atoms with Crippen LogP contribution in [0.4, 0.5) is 5.13 Å². The number of primary amides is 1. The number of thiazole rings is 1. The van der Waals surface area contributed by atoms with E-state index in [4.69, 9.17) is 16.2 Å². The van der Waals surface area contributed by atoms with Crippen LogP contribution in [-0.2, 0) is 9.53 Å². The standard InChI is InChI=1S/C12H14N4O3S/c13-10(17)6-19-4-3-15-11(18)7-1-2-8-9(5-7)20-12(14)16-8/h1-2,5H,3-4,6H2,(H2,13,17)(H2,14,16)(H,15,18). The van der Waals surface area contributed by atoms with Gasteiger partial charge in [0.05, 0.1) is 16.8 Å². The second-order valence-corrected chi connectivity index (χ2v) is 5.07. The molecule has 0 aliphatic heterocycles. The summed E-state index contributed by atoms with van der Waals surface area (Å²) in [6.07, 6.45) is 0. The lowest BCUT2D eigenvalue weighted by Gasteiger charge is -2.05. The highest BCUT2D eigenvalue weighted by molar-refractivity contribution is 7.22. The third kappa shape index (κ3) is 3.65. The lowest BCUT2D eigenvalue weighted by Crippen LogP contribution is -2.28. The van der Waals surface area contributed by atoms with Crippen LogP contribution in [0.5, 0.6) is 0 Å². The molecule has 0 spiro atoms. The minimum Gasteiger partial charge on any atom is -0.375 e. The Kier molecular flexibility index (Phi) is 4.49. The van der Waals surface area contributed by atoms with Crippen LogP contribution < -0.4 is 16.8 Å². The van der Waals surface area contributed by atoms with Crippen LogP contribution in [0.1, 0.15) is 10.4 Å². The Labute approximate surface area is 118 Å². The summed E-state index contributed by atoms with van der Waals surface area (Å²) >= 11 is 1.33. The molecule has 2 rings (SSSR count). The molecule has 5 N–H and O–H groups in total. The molecule has 106 valence electrons. The summed E-state index contributed by atoms with van der Waals surface area (Å²) in [6.45, 7) is 0.376. The summed E-state index contributed by atoms with van der Waals surface area (Å²) in [6, 6.07) is 5.17. The second-order valence-electron chi connectivity index (χ2n) is 4.01. The number of carbonyl (C=O) groups excluding carboxylic acids is 2. The minimum atomic E-state index is -0.537. The van der Waals surface area contributed by atoms with Gasteiger partial charge in [-0.25, -0.2) is 4.98 Å². The summed E-state index contributed by atoms with van der Waals surface area (Å²) in [4.78, 5) is 26.4. The quantitative estimate of drug-likeness (QED) is 0.653. The van der Waals surface area contributed by atoms with Crippen molar-refractivity contribution in [3.63, 3.8) is 0 Å². The molecule has 20 heavy (non-hydrogen) atoms. The molecule has 0 aliphatic rings. The number of nitrogen functional groups attached to an aromatic ring is 1. The van der Waals surface area contributed by atoms with Crippen molar-refractivity contribution in [2.75, 3.05) is 25.5 Å². The Bertz CT molecular complexity index is 641. The Morgan fingerprint density at radius 3 is 2.95 bits per heavy atom. The van der Waals surface area contributed by atoms with Crippen LogP contribution >= 0.6 is 11.3 Å². The number of amides is 2. The molecule has 0 unspecified atom stereocenters. The van der Waals surface area contributed by atoms with Crippen molar-refractivity contribution in [2.45, 2.75) is 0 Å². The van der Waals surface area contributed by atoms with Crippen LogP contribution in [0.25, 0.3) is 10.2 Å². The van der Waals surface area contributed by atoms with E-state index in [-0.39, 0.29) is 19.1 Å². The Morgan fingerprint density at radius 1 is 1.40 bits per heavy atom. The van der Waals surface area contributed by atoms with Gasteiger partial charge in [0, 0.05) is 12.1 Å². The molecular formula is C12H14N4O3S. The number of nitrogens with two attached hydrogens (primary N) is 2. The molecule has 7 nitrogen and oxygen atoms in total. The van der Waals surface area contributed by atoms with Gasteiger partial charge in [0.2, 0.25) is 5.91 Å². The minimum absolute atomic E-state index is 0.151. The Hall–Kier alpha value is -2.19. The zero-order chi connectivity index (χ0) is 14.5. The van der Waals surface area contributed by atoms with Crippen molar-refractivity contribution in [3.05, 3.63) is 23.8 Å². The first kappa shape index (κ1) is 14.2. The molecule has 2 amide bonds. The number of anilines is 1. The summed E-state index contributed by atoms with van der Waals surface area (Å²) in [5.41, 5.74) is 11.8. The number of hydrogen-bond acceptors (Lipinski definition) is 6. The highest BCUT2D eigenvalue weighted by Crippen LogP contribution is 2.24. The van der Waals surface area contributed by atoms with Crippen molar-refractivity contribution in [1.82, 2.24) is 10.3 Å². The lowest BCUT2D eigenvalue weighted by atomic mass is 10.2. The van der Waals surface area contributed by atoms with E-state index in [0.29, 0.717) is 17.2 Å². The van der Waals surface area contributed by atoms with E-state index < -0.39 is 5.91 Å². The first-order chi connectivity index (χ1) is 9.56. The summed E-state index contributed by atoms with van der Waals surface area (Å²) in [5.74, 6) is -0.758. The van der Waals surface area contributed by atoms with Gasteiger partial charge < -0.3 is 21.5 Å². The number of fused-ring (bicyclic) bond motifs is 1. The molecule has 0 atom stereocenters. The van der Waals surface area contributed by atoms with E-state index in [1.807, 2.05) is 0 Å². The molecule has 0 saturated carbocycles. The average Bonchev–Trinajstić information content (AvgIpc) is 2.76. The largest absolute Gasteiger partial charge is 0.375 e. The monoisotopic (exact) mass is 294 g/mol. The number of nitrogens with zero attached hydrogens (tertiary/aromatic N) is 1. The number of ether oxygens (including phenoxy) is 1. The van der Waals surface area contributed by atoms with Gasteiger partial charge in [0.15, 0.2) is 5.13 Å². The van der Waals surface area contributed by atoms with Gasteiger partial charge in [-0.05, 0) is 18.2 Å². The predicted molar refractivity (Wildman–Crippen MR) is 76.4 cm³/mol. The topological polar surface area (TPSA) is 120 Å². The SMILES string of the molecule is NC(=O)COCCNC(=O)c1ccc2nc(N)sc2c1. The van der Waals surface area contributed by atoms with E-state index in [0.717, 1.165) is 10.2 Å². The Balaban J connectivity index is 1.89. The number of benzene rings is 1. The summed E-state index contributed by atoms with van der Waals surface area (Å²) in [7, 11) is 0. The maximum absolute atomic E-state index is 11.9. The van der Waals surface area contributed by atoms with Crippen molar-refractivity contribution in [2.24, 2.45) is 5.73 Å². The van der Waals surface area contributed by atoms with E-state index in [1.54, 1.807) is 18.2 Å². The average molecular weight is 294 g/mol. The molecule has 1 aromatic carbocycles. The van der Waals surface area contributed by atoms with Crippen molar-refractivity contribution in [3.8, 4) is 0 Å². The van der Waals surface area contributed by atoms with E-state index in [2.05, 4.69) is 10.3 Å². The van der Waals surface area contributed by atoms with Gasteiger partial charge in [-0.3, -0.25) is 9.59 Å². The van der Waals surface area contributed by atoms with E-state index >= 15 is 0 Å². The van der Waals surface area contributed by atoms with Crippen molar-refractivity contribution >= 4 is 38.5 Å². The van der Waals surface area contributed by atoms with Crippen LogP contribution in [0.2, 0.25) is 0 Å². The number of aromatic nitrogens is 1. The number of nitrogens with one attached hydrogen (secondary N) is 1. The Morgan fingerprint density at radius 2 is 2.20 bits per heavy atom. The fourth-order valence-electron chi connectivity index (χ4n) is 1.60. The lowest BCUT2D eigenvalue weighted by molar-refractivity contribution is -0.122. The van der Waals surface area contributed by atoms with Crippen LogP contribution in [0.15, 0.2) is 18.2 Å². The zero-order valence-electron chi connectivity index (χ0n) is 10.6. The molecule has 8 heteroatoms. The fraction of sp³-hybridized carbons (Fsp3) is 0.250. The number of hydrogen-bond donors (Lipinski definition) is 3. The third-order valence-electron chi connectivity index (χ3n) is 2.44. The van der Waals surface area contributed by atoms with E-state index in [9.17, 15) is 9.59 Å². The van der Waals surface area contributed by atoms with Gasteiger partial charge in [0.25, 0.3) is 5.91 Å². The third-order valence-corrected chi connectivity index (χ3v) is 3.29. The van der Waals surface area contributed by atoms with Crippen LogP contribution in [0, 0.1) is 0 Å². The summed E-state index contributed by atoms with van der Waals surface area (Å²) < 4.78 is 5.80. The van der Waals surface area contributed by atoms with Gasteiger partial charge in [-0.2, -0.15) is 0 Å². The molecule has 1 aromatic heterocycles. The number of carbonyl (C=O) groups is 2.